The predicted molar refractivity (Wildman–Crippen MR) is 175 cm³/mol. The highest BCUT2D eigenvalue weighted by Gasteiger charge is 2.07. The molecule has 1 unspecified atom stereocenters. The first-order chi connectivity index (χ1) is 16.3. The first-order valence-corrected chi connectivity index (χ1v) is 15.3. The Morgan fingerprint density at radius 1 is 0.806 bits per heavy atom. The van der Waals surface area contributed by atoms with Crippen LogP contribution in [-0.2, 0) is 0 Å². The van der Waals surface area contributed by atoms with Gasteiger partial charge in [0.25, 0.3) is 0 Å². The summed E-state index contributed by atoms with van der Waals surface area (Å²) >= 11 is 0. The zero-order valence-electron chi connectivity index (χ0n) is 26.6. The van der Waals surface area contributed by atoms with E-state index in [1.807, 2.05) is 13.8 Å². The molecule has 0 aromatic rings. The lowest BCUT2D eigenvalue weighted by Crippen LogP contribution is -2.02. The van der Waals surface area contributed by atoms with Gasteiger partial charge in [-0.05, 0) is 56.9 Å². The summed E-state index contributed by atoms with van der Waals surface area (Å²) in [6.07, 6.45) is 28.6. The Balaban J connectivity index is -0.000000147. The second-order valence-corrected chi connectivity index (χ2v) is 10.6. The minimum Gasteiger partial charge on any atom is -0.344 e. The Morgan fingerprint density at radius 3 is 1.67 bits per heavy atom. The molecule has 1 atom stereocenters. The van der Waals surface area contributed by atoms with E-state index >= 15 is 0 Å². The molecule has 0 heterocycles. The molecule has 3 N–H and O–H groups in total. The van der Waals surface area contributed by atoms with Gasteiger partial charge in [-0.25, -0.2) is 0 Å². The van der Waals surface area contributed by atoms with Crippen molar-refractivity contribution in [1.29, 1.82) is 0 Å². The summed E-state index contributed by atoms with van der Waals surface area (Å²) in [5.41, 5.74) is 2.74. The first kappa shape index (κ1) is 45.1. The summed E-state index contributed by atoms with van der Waals surface area (Å²) in [5.74, 6) is 2.83. The largest absolute Gasteiger partial charge is 0.344 e. The van der Waals surface area contributed by atoms with Crippen LogP contribution in [0.4, 0.5) is 0 Å². The predicted octanol–water partition coefficient (Wildman–Crippen LogP) is 13.7. The van der Waals surface area contributed by atoms with E-state index in [0.29, 0.717) is 0 Å². The van der Waals surface area contributed by atoms with E-state index in [1.165, 1.54) is 101 Å². The molecule has 0 aliphatic heterocycles. The van der Waals surface area contributed by atoms with Gasteiger partial charge in [0.05, 0.1) is 0 Å². The summed E-state index contributed by atoms with van der Waals surface area (Å²) in [6.45, 7) is 24.2. The lowest BCUT2D eigenvalue weighted by Gasteiger charge is -2.12. The Labute approximate surface area is 232 Å². The van der Waals surface area contributed by atoms with Crippen molar-refractivity contribution < 1.29 is 0 Å². The smallest absolute Gasteiger partial charge is 0.0348 e. The van der Waals surface area contributed by atoms with Crippen LogP contribution >= 0.6 is 0 Å². The quantitative estimate of drug-likeness (QED) is 0.194. The monoisotopic (exact) mass is 510 g/mol. The highest BCUT2D eigenvalue weighted by atomic mass is 14.1. The molecule has 1 aliphatic carbocycles. The van der Waals surface area contributed by atoms with Gasteiger partial charge in [-0.1, -0.05) is 170 Å². The molecule has 0 bridgehead atoms. The summed E-state index contributed by atoms with van der Waals surface area (Å²) < 4.78 is 0. The van der Waals surface area contributed by atoms with Gasteiger partial charge < -0.3 is 6.15 Å². The lowest BCUT2D eigenvalue weighted by molar-refractivity contribution is 0.389. The van der Waals surface area contributed by atoms with Gasteiger partial charge in [0.1, 0.15) is 0 Å². The molecule has 220 valence electrons. The van der Waals surface area contributed by atoms with Crippen LogP contribution in [0.3, 0.4) is 0 Å². The molecule has 0 aromatic carbocycles. The number of hydrogen-bond acceptors (Lipinski definition) is 1. The molecule has 36 heavy (non-hydrogen) atoms. The average Bonchev–Trinajstić information content (AvgIpc) is 3.32. The zero-order chi connectivity index (χ0) is 26.6. The van der Waals surface area contributed by atoms with Gasteiger partial charge in [-0.3, -0.25) is 0 Å². The minimum absolute atomic E-state index is 0. The van der Waals surface area contributed by atoms with Crippen molar-refractivity contribution in [2.24, 2.45) is 17.8 Å². The maximum Gasteiger partial charge on any atom is -0.0348 e. The van der Waals surface area contributed by atoms with Crippen molar-refractivity contribution >= 4 is 0 Å². The molecule has 0 amide bonds. The fourth-order valence-electron chi connectivity index (χ4n) is 3.81. The highest BCUT2D eigenvalue weighted by molar-refractivity contribution is 5.29. The summed E-state index contributed by atoms with van der Waals surface area (Å²) in [4.78, 5) is 0. The van der Waals surface area contributed by atoms with Gasteiger partial charge in [0, 0.05) is 0 Å². The molecule has 1 nitrogen and oxygen atoms in total. The van der Waals surface area contributed by atoms with E-state index in [4.69, 9.17) is 0 Å². The van der Waals surface area contributed by atoms with Crippen LogP contribution in [0.2, 0.25) is 0 Å². The Kier molecular flexibility index (Phi) is 45.5. The minimum atomic E-state index is 0. The molecule has 1 saturated carbocycles. The molecule has 0 spiro atoms. The maximum atomic E-state index is 2.34. The number of rotatable bonds is 13. The van der Waals surface area contributed by atoms with Gasteiger partial charge in [-0.15, -0.1) is 0 Å². The molecule has 1 fully saturated rings. The van der Waals surface area contributed by atoms with E-state index in [9.17, 15) is 0 Å². The third-order valence-corrected chi connectivity index (χ3v) is 7.04. The molecular formula is C35H75N. The highest BCUT2D eigenvalue weighted by Crippen LogP contribution is 2.23. The standard InChI is InChI=1S/C18H32.C8H18.C6H12.C2H6.CH4.H3N/c1-5-7-8-9-10-11-12-13-14-15-16-18(4)17(3)6-2;1-5-6-8(4)7(2)3;1-6-4-2-3-5-6;1-2;;/h6,14-16H,5,7-13H2,1-4H3;7-8H,5-6H2,1-4H3;6H,2-5H2,1H3;1-2H3;1H4;1H3/b15-14-,17-6+,18-16+;;;;;. The van der Waals surface area contributed by atoms with Gasteiger partial charge in [0.2, 0.25) is 0 Å². The van der Waals surface area contributed by atoms with E-state index in [-0.39, 0.29) is 13.6 Å². The summed E-state index contributed by atoms with van der Waals surface area (Å²) in [5, 5.41) is 0. The Hall–Kier alpha value is -0.820. The van der Waals surface area contributed by atoms with Gasteiger partial charge in [-0.2, -0.15) is 0 Å². The second-order valence-electron chi connectivity index (χ2n) is 10.6. The SMILES string of the molecule is C.C/C=C(C)/C(C)=C/C=C\CCCCCCCCC.CC.CC1CCCC1.CCCC(C)C(C)C.N. The van der Waals surface area contributed by atoms with Crippen molar-refractivity contribution in [3.8, 4) is 0 Å². The molecule has 1 rings (SSSR count). The fourth-order valence-corrected chi connectivity index (χ4v) is 3.81. The van der Waals surface area contributed by atoms with Crippen molar-refractivity contribution in [3.05, 3.63) is 35.5 Å². The summed E-state index contributed by atoms with van der Waals surface area (Å²) in [6, 6.07) is 0. The number of unbranched alkanes of at least 4 members (excludes halogenated alkanes) is 7. The second kappa shape index (κ2) is 36.3. The lowest BCUT2D eigenvalue weighted by atomic mass is 9.94. The molecule has 1 aliphatic rings. The van der Waals surface area contributed by atoms with Crippen LogP contribution in [-0.4, -0.2) is 0 Å². The molecule has 0 radical (unpaired) electrons. The van der Waals surface area contributed by atoms with E-state index in [0.717, 1.165) is 17.8 Å². The van der Waals surface area contributed by atoms with Crippen LogP contribution in [0.15, 0.2) is 35.5 Å². The molecular weight excluding hydrogens is 434 g/mol. The first-order valence-electron chi connectivity index (χ1n) is 15.3. The third-order valence-electron chi connectivity index (χ3n) is 7.04. The van der Waals surface area contributed by atoms with Crippen LogP contribution in [0.5, 0.6) is 0 Å². The molecule has 1 heteroatoms. The van der Waals surface area contributed by atoms with Crippen molar-refractivity contribution in [3.63, 3.8) is 0 Å². The topological polar surface area (TPSA) is 35.0 Å². The maximum absolute atomic E-state index is 2.34. The van der Waals surface area contributed by atoms with Crippen molar-refractivity contribution in [2.75, 3.05) is 0 Å². The Bertz CT molecular complexity index is 463. The third kappa shape index (κ3) is 35.3. The average molecular weight is 510 g/mol. The summed E-state index contributed by atoms with van der Waals surface area (Å²) in [7, 11) is 0. The van der Waals surface area contributed by atoms with Crippen molar-refractivity contribution in [2.45, 2.75) is 173 Å². The van der Waals surface area contributed by atoms with Crippen molar-refractivity contribution in [1.82, 2.24) is 6.15 Å². The molecule has 0 saturated heterocycles. The van der Waals surface area contributed by atoms with Crippen LogP contribution in [0.25, 0.3) is 0 Å². The van der Waals surface area contributed by atoms with Gasteiger partial charge >= 0.3 is 0 Å². The zero-order valence-corrected chi connectivity index (χ0v) is 26.6. The Morgan fingerprint density at radius 2 is 1.31 bits per heavy atom. The number of hydrogen-bond donors (Lipinski definition) is 1. The fraction of sp³-hybridized carbons (Fsp3) is 0.829. The van der Waals surface area contributed by atoms with Crippen LogP contribution in [0.1, 0.15) is 173 Å². The van der Waals surface area contributed by atoms with E-state index in [1.54, 1.807) is 0 Å². The van der Waals surface area contributed by atoms with Crippen LogP contribution < -0.4 is 6.15 Å². The normalized spacial score (nSPS) is 14.4. The van der Waals surface area contributed by atoms with Crippen LogP contribution in [0, 0.1) is 17.8 Å². The van der Waals surface area contributed by atoms with Gasteiger partial charge in [0.15, 0.2) is 0 Å². The molecule has 0 aromatic heterocycles. The van der Waals surface area contributed by atoms with E-state index < -0.39 is 0 Å². The number of allylic oxidation sites excluding steroid dienone is 6. The van der Waals surface area contributed by atoms with E-state index in [2.05, 4.69) is 86.6 Å².